The number of carboxylic acid groups (broad SMARTS) is 1. The molecule has 1 aliphatic heterocycles. The van der Waals surface area contributed by atoms with Gasteiger partial charge in [0.1, 0.15) is 0 Å². The first-order valence-electron chi connectivity index (χ1n) is 6.21. The van der Waals surface area contributed by atoms with Crippen LogP contribution in [-0.4, -0.2) is 37.4 Å². The van der Waals surface area contributed by atoms with Gasteiger partial charge in [0.2, 0.25) is 5.82 Å². The SMILES string of the molecule is O=C(O)N1CCn2c(C#Cc3ccccc3)nnc2C1. The van der Waals surface area contributed by atoms with Crippen LogP contribution in [0.3, 0.4) is 0 Å². The maximum absolute atomic E-state index is 10.9. The second-order valence-corrected chi connectivity index (χ2v) is 4.41. The van der Waals surface area contributed by atoms with Crippen molar-refractivity contribution in [2.45, 2.75) is 13.1 Å². The maximum Gasteiger partial charge on any atom is 0.407 e. The van der Waals surface area contributed by atoms with Gasteiger partial charge in [0.25, 0.3) is 0 Å². The molecule has 6 heteroatoms. The Morgan fingerprint density at radius 1 is 1.15 bits per heavy atom. The zero-order valence-electron chi connectivity index (χ0n) is 10.7. The van der Waals surface area contributed by atoms with Crippen molar-refractivity contribution in [1.29, 1.82) is 0 Å². The van der Waals surface area contributed by atoms with Crippen molar-refractivity contribution in [2.24, 2.45) is 0 Å². The molecule has 0 fully saturated rings. The largest absolute Gasteiger partial charge is 0.465 e. The lowest BCUT2D eigenvalue weighted by Gasteiger charge is -2.24. The van der Waals surface area contributed by atoms with Crippen LogP contribution in [0.2, 0.25) is 0 Å². The highest BCUT2D eigenvalue weighted by Gasteiger charge is 2.23. The first-order valence-corrected chi connectivity index (χ1v) is 6.21. The monoisotopic (exact) mass is 268 g/mol. The van der Waals surface area contributed by atoms with E-state index in [9.17, 15) is 4.79 Å². The number of fused-ring (bicyclic) bond motifs is 1. The van der Waals surface area contributed by atoms with Gasteiger partial charge in [-0.3, -0.25) is 4.90 Å². The molecule has 1 N–H and O–H groups in total. The highest BCUT2D eigenvalue weighted by atomic mass is 16.4. The smallest absolute Gasteiger partial charge is 0.407 e. The van der Waals surface area contributed by atoms with Crippen LogP contribution in [0.5, 0.6) is 0 Å². The lowest BCUT2D eigenvalue weighted by molar-refractivity contribution is 0.131. The predicted molar refractivity (Wildman–Crippen MR) is 70.9 cm³/mol. The molecule has 100 valence electrons. The van der Waals surface area contributed by atoms with Gasteiger partial charge in [-0.1, -0.05) is 24.1 Å². The van der Waals surface area contributed by atoms with Gasteiger partial charge in [-0.05, 0) is 18.1 Å². The molecule has 0 bridgehead atoms. The molecule has 0 saturated heterocycles. The molecule has 2 aromatic rings. The highest BCUT2D eigenvalue weighted by Crippen LogP contribution is 2.11. The summed E-state index contributed by atoms with van der Waals surface area (Å²) in [4.78, 5) is 12.2. The summed E-state index contributed by atoms with van der Waals surface area (Å²) < 4.78 is 1.87. The molecule has 3 rings (SSSR count). The van der Waals surface area contributed by atoms with E-state index in [0.717, 1.165) is 5.56 Å². The second-order valence-electron chi connectivity index (χ2n) is 4.41. The van der Waals surface area contributed by atoms with E-state index in [1.54, 1.807) is 0 Å². The van der Waals surface area contributed by atoms with E-state index in [0.29, 0.717) is 24.7 Å². The molecule has 0 spiro atoms. The molecular formula is C14H12N4O2. The molecule has 2 heterocycles. The summed E-state index contributed by atoms with van der Waals surface area (Å²) in [5.74, 6) is 7.23. The fourth-order valence-corrected chi connectivity index (χ4v) is 2.06. The highest BCUT2D eigenvalue weighted by molar-refractivity contribution is 5.65. The van der Waals surface area contributed by atoms with Gasteiger partial charge in [0.15, 0.2) is 5.82 Å². The number of aromatic nitrogens is 3. The molecule has 1 amide bonds. The molecule has 0 unspecified atom stereocenters. The van der Waals surface area contributed by atoms with Crippen LogP contribution in [-0.2, 0) is 13.1 Å². The Morgan fingerprint density at radius 2 is 1.95 bits per heavy atom. The van der Waals surface area contributed by atoms with Crippen molar-refractivity contribution >= 4 is 6.09 Å². The van der Waals surface area contributed by atoms with Gasteiger partial charge in [-0.25, -0.2) is 4.79 Å². The molecule has 0 atom stereocenters. The molecule has 6 nitrogen and oxygen atoms in total. The third-order valence-electron chi connectivity index (χ3n) is 3.12. The van der Waals surface area contributed by atoms with Crippen LogP contribution >= 0.6 is 0 Å². The Balaban J connectivity index is 1.85. The van der Waals surface area contributed by atoms with Crippen LogP contribution in [0.25, 0.3) is 0 Å². The standard InChI is InChI=1S/C14H12N4O2/c19-14(20)17-8-9-18-12(15-16-13(18)10-17)7-6-11-4-2-1-3-5-11/h1-5H,8-10H2,(H,19,20). The Hall–Kier alpha value is -2.81. The second kappa shape index (κ2) is 5.05. The van der Waals surface area contributed by atoms with Crippen molar-refractivity contribution in [3.63, 3.8) is 0 Å². The fraction of sp³-hybridized carbons (Fsp3) is 0.214. The number of hydrogen-bond acceptors (Lipinski definition) is 3. The zero-order chi connectivity index (χ0) is 13.9. The normalized spacial score (nSPS) is 13.3. The van der Waals surface area contributed by atoms with Crippen LogP contribution in [0.4, 0.5) is 4.79 Å². The molecule has 0 radical (unpaired) electrons. The van der Waals surface area contributed by atoms with E-state index in [-0.39, 0.29) is 6.54 Å². The van der Waals surface area contributed by atoms with Gasteiger partial charge in [-0.15, -0.1) is 10.2 Å². The lowest BCUT2D eigenvalue weighted by Crippen LogP contribution is -2.37. The van der Waals surface area contributed by atoms with E-state index in [1.165, 1.54) is 4.90 Å². The van der Waals surface area contributed by atoms with E-state index < -0.39 is 6.09 Å². The number of carbonyl (C=O) groups is 1. The Bertz CT molecular complexity index is 697. The maximum atomic E-state index is 10.9. The van der Waals surface area contributed by atoms with Crippen LogP contribution in [0, 0.1) is 11.8 Å². The van der Waals surface area contributed by atoms with Crippen LogP contribution < -0.4 is 0 Å². The predicted octanol–water partition coefficient (Wildman–Crippen LogP) is 1.17. The quantitative estimate of drug-likeness (QED) is 0.728. The van der Waals surface area contributed by atoms with Crippen molar-refractivity contribution in [3.8, 4) is 11.8 Å². The first-order chi connectivity index (χ1) is 9.74. The van der Waals surface area contributed by atoms with E-state index in [1.807, 2.05) is 34.9 Å². The Labute approximate surface area is 115 Å². The summed E-state index contributed by atoms with van der Waals surface area (Å²) in [6.45, 7) is 1.23. The Kier molecular flexibility index (Phi) is 3.09. The van der Waals surface area contributed by atoms with Gasteiger partial charge >= 0.3 is 6.09 Å². The number of rotatable bonds is 0. The summed E-state index contributed by atoms with van der Waals surface area (Å²) in [6, 6.07) is 9.63. The zero-order valence-corrected chi connectivity index (χ0v) is 10.7. The van der Waals surface area contributed by atoms with Crippen LogP contribution in [0.15, 0.2) is 30.3 Å². The van der Waals surface area contributed by atoms with Crippen molar-refractivity contribution < 1.29 is 9.90 Å². The average molecular weight is 268 g/mol. The van der Waals surface area contributed by atoms with Gasteiger partial charge < -0.3 is 9.67 Å². The summed E-state index contributed by atoms with van der Waals surface area (Å²) in [5, 5.41) is 17.0. The third kappa shape index (κ3) is 2.34. The van der Waals surface area contributed by atoms with Crippen molar-refractivity contribution in [1.82, 2.24) is 19.7 Å². The van der Waals surface area contributed by atoms with Crippen LogP contribution in [0.1, 0.15) is 17.2 Å². The molecule has 0 saturated carbocycles. The minimum absolute atomic E-state index is 0.259. The first kappa shape index (κ1) is 12.2. The molecule has 1 aromatic carbocycles. The van der Waals surface area contributed by atoms with Gasteiger partial charge in [0, 0.05) is 18.7 Å². The summed E-state index contributed by atoms with van der Waals surface area (Å²) in [5.41, 5.74) is 0.910. The summed E-state index contributed by atoms with van der Waals surface area (Å²) in [7, 11) is 0. The number of nitrogens with zero attached hydrogens (tertiary/aromatic N) is 4. The number of hydrogen-bond donors (Lipinski definition) is 1. The lowest BCUT2D eigenvalue weighted by atomic mass is 10.2. The molecule has 0 aliphatic carbocycles. The van der Waals surface area contributed by atoms with E-state index in [2.05, 4.69) is 22.0 Å². The molecule has 1 aromatic heterocycles. The van der Waals surface area contributed by atoms with Crippen molar-refractivity contribution in [3.05, 3.63) is 47.5 Å². The van der Waals surface area contributed by atoms with E-state index in [4.69, 9.17) is 5.11 Å². The fourth-order valence-electron chi connectivity index (χ4n) is 2.06. The van der Waals surface area contributed by atoms with Gasteiger partial charge in [0.05, 0.1) is 6.54 Å². The number of benzene rings is 1. The topological polar surface area (TPSA) is 71.2 Å². The Morgan fingerprint density at radius 3 is 2.70 bits per heavy atom. The average Bonchev–Trinajstić information content (AvgIpc) is 2.88. The number of amides is 1. The molecule has 20 heavy (non-hydrogen) atoms. The molecular weight excluding hydrogens is 256 g/mol. The summed E-state index contributed by atoms with van der Waals surface area (Å²) >= 11 is 0. The summed E-state index contributed by atoms with van der Waals surface area (Å²) in [6.07, 6.45) is -0.934. The van der Waals surface area contributed by atoms with Crippen molar-refractivity contribution in [2.75, 3.05) is 6.54 Å². The third-order valence-corrected chi connectivity index (χ3v) is 3.12. The van der Waals surface area contributed by atoms with E-state index >= 15 is 0 Å². The minimum Gasteiger partial charge on any atom is -0.465 e. The minimum atomic E-state index is -0.934. The molecule has 1 aliphatic rings. The van der Waals surface area contributed by atoms with Gasteiger partial charge in [-0.2, -0.15) is 0 Å².